The monoisotopic (exact) mass is 283 g/mol. The second-order valence-electron chi connectivity index (χ2n) is 2.84. The number of methoxy groups -OCH3 is 1. The molecule has 16 heavy (non-hydrogen) atoms. The van der Waals surface area contributed by atoms with E-state index in [1.54, 1.807) is 0 Å². The maximum absolute atomic E-state index is 11.3. The zero-order valence-corrected chi connectivity index (χ0v) is 10.7. The number of hydrogen-bond donors (Lipinski definition) is 0. The fourth-order valence-corrected chi connectivity index (χ4v) is 2.51. The summed E-state index contributed by atoms with van der Waals surface area (Å²) in [6, 6.07) is 1.04. The Bertz CT molecular complexity index is 541. The van der Waals surface area contributed by atoms with Crippen LogP contribution in [0.2, 0.25) is 5.15 Å². The summed E-state index contributed by atoms with van der Waals surface area (Å²) in [7, 11) is 2.26. The number of rotatable bonds is 2. The van der Waals surface area contributed by atoms with Gasteiger partial charge in [0.25, 0.3) is 9.05 Å². The van der Waals surface area contributed by atoms with Crippen LogP contribution < -0.4 is 0 Å². The molecule has 5 nitrogen and oxygen atoms in total. The van der Waals surface area contributed by atoms with Gasteiger partial charge in [0, 0.05) is 10.7 Å². The van der Waals surface area contributed by atoms with Gasteiger partial charge >= 0.3 is 5.97 Å². The molecule has 0 amide bonds. The number of aryl methyl sites for hydroxylation is 1. The minimum Gasteiger partial charge on any atom is -0.465 e. The van der Waals surface area contributed by atoms with Crippen LogP contribution in [0.1, 0.15) is 16.1 Å². The van der Waals surface area contributed by atoms with Crippen molar-refractivity contribution in [2.45, 2.75) is 11.8 Å². The van der Waals surface area contributed by atoms with Gasteiger partial charge in [0.15, 0.2) is 0 Å². The highest BCUT2D eigenvalue weighted by atomic mass is 35.7. The Balaban J connectivity index is 3.51. The molecule has 0 saturated carbocycles. The molecule has 0 aliphatic carbocycles. The van der Waals surface area contributed by atoms with E-state index in [1.807, 2.05) is 0 Å². The van der Waals surface area contributed by atoms with Crippen molar-refractivity contribution < 1.29 is 17.9 Å². The Labute approximate surface area is 102 Å². The summed E-state index contributed by atoms with van der Waals surface area (Å²) in [5, 5.41) is -0.278. The Kier molecular flexibility index (Phi) is 3.77. The molecule has 0 aliphatic heterocycles. The standard InChI is InChI=1S/C8H7Cl2NO4S/c1-4-5(8(12)15-2)3-6(7(9)11-4)16(10,13)14/h3H,1-2H3. The van der Waals surface area contributed by atoms with E-state index in [1.165, 1.54) is 14.0 Å². The Morgan fingerprint density at radius 1 is 1.50 bits per heavy atom. The van der Waals surface area contributed by atoms with Crippen molar-refractivity contribution in [3.05, 3.63) is 22.5 Å². The molecule has 0 N–H and O–H groups in total. The van der Waals surface area contributed by atoms with Gasteiger partial charge in [-0.1, -0.05) is 11.6 Å². The Morgan fingerprint density at radius 3 is 2.50 bits per heavy atom. The summed E-state index contributed by atoms with van der Waals surface area (Å²) in [6.07, 6.45) is 0. The topological polar surface area (TPSA) is 73.3 Å². The predicted molar refractivity (Wildman–Crippen MR) is 58.4 cm³/mol. The van der Waals surface area contributed by atoms with Gasteiger partial charge in [-0.15, -0.1) is 0 Å². The molecule has 1 heterocycles. The molecule has 0 unspecified atom stereocenters. The molecule has 1 aromatic rings. The first-order valence-electron chi connectivity index (χ1n) is 3.97. The maximum atomic E-state index is 11.3. The number of carbonyl (C=O) groups excluding carboxylic acids is 1. The molecule has 1 aromatic heterocycles. The van der Waals surface area contributed by atoms with Crippen LogP contribution in [-0.2, 0) is 13.8 Å². The highest BCUT2D eigenvalue weighted by Gasteiger charge is 2.21. The summed E-state index contributed by atoms with van der Waals surface area (Å²) < 4.78 is 26.7. The third kappa shape index (κ3) is 2.63. The van der Waals surface area contributed by atoms with Crippen LogP contribution in [0, 0.1) is 6.92 Å². The number of aromatic nitrogens is 1. The summed E-state index contributed by atoms with van der Waals surface area (Å²) in [6.45, 7) is 1.50. The van der Waals surface area contributed by atoms with E-state index in [2.05, 4.69) is 9.72 Å². The van der Waals surface area contributed by atoms with Crippen molar-refractivity contribution in [1.29, 1.82) is 0 Å². The lowest BCUT2D eigenvalue weighted by molar-refractivity contribution is 0.0599. The predicted octanol–water partition coefficient (Wildman–Crippen LogP) is 1.76. The SMILES string of the molecule is COC(=O)c1cc(S(=O)(=O)Cl)c(Cl)nc1C. The first-order chi connectivity index (χ1) is 7.27. The first-order valence-corrected chi connectivity index (χ1v) is 6.66. The van der Waals surface area contributed by atoms with Gasteiger partial charge < -0.3 is 4.74 Å². The van der Waals surface area contributed by atoms with E-state index in [4.69, 9.17) is 22.3 Å². The summed E-state index contributed by atoms with van der Waals surface area (Å²) in [4.78, 5) is 14.6. The molecule has 0 bridgehead atoms. The maximum Gasteiger partial charge on any atom is 0.339 e. The average molecular weight is 284 g/mol. The van der Waals surface area contributed by atoms with Gasteiger partial charge in [-0.25, -0.2) is 18.2 Å². The van der Waals surface area contributed by atoms with Crippen LogP contribution in [-0.4, -0.2) is 26.5 Å². The lowest BCUT2D eigenvalue weighted by Gasteiger charge is -2.06. The third-order valence-electron chi connectivity index (χ3n) is 1.80. The van der Waals surface area contributed by atoms with Gasteiger partial charge in [-0.2, -0.15) is 0 Å². The number of halogens is 2. The minimum atomic E-state index is -4.04. The smallest absolute Gasteiger partial charge is 0.339 e. The minimum absolute atomic E-state index is 0.00567. The van der Waals surface area contributed by atoms with Gasteiger partial charge in [-0.05, 0) is 13.0 Å². The van der Waals surface area contributed by atoms with Crippen LogP contribution in [0.15, 0.2) is 11.0 Å². The van der Waals surface area contributed by atoms with Gasteiger partial charge in [-0.3, -0.25) is 0 Å². The van der Waals surface area contributed by atoms with E-state index in [9.17, 15) is 13.2 Å². The molecule has 0 radical (unpaired) electrons. The molecule has 0 saturated heterocycles. The molecular formula is C8H7Cl2NO4S. The highest BCUT2D eigenvalue weighted by molar-refractivity contribution is 8.13. The average Bonchev–Trinajstić information content (AvgIpc) is 2.14. The number of ether oxygens (including phenoxy) is 1. The highest BCUT2D eigenvalue weighted by Crippen LogP contribution is 2.25. The first kappa shape index (κ1) is 13.2. The fraction of sp³-hybridized carbons (Fsp3) is 0.250. The second-order valence-corrected chi connectivity index (χ2v) is 5.73. The van der Waals surface area contributed by atoms with Crippen LogP contribution in [0.3, 0.4) is 0 Å². The lowest BCUT2D eigenvalue weighted by atomic mass is 10.2. The number of carbonyl (C=O) groups is 1. The second kappa shape index (κ2) is 4.57. The number of esters is 1. The molecule has 0 aliphatic rings. The van der Waals surface area contributed by atoms with Crippen molar-refractivity contribution >= 4 is 37.3 Å². The van der Waals surface area contributed by atoms with Crippen LogP contribution >= 0.6 is 22.3 Å². The zero-order valence-electron chi connectivity index (χ0n) is 8.32. The lowest BCUT2D eigenvalue weighted by Crippen LogP contribution is -2.08. The van der Waals surface area contributed by atoms with E-state index in [0.29, 0.717) is 0 Å². The summed E-state index contributed by atoms with van der Waals surface area (Å²) >= 11 is 5.61. The Morgan fingerprint density at radius 2 is 2.06 bits per heavy atom. The zero-order chi connectivity index (χ0) is 12.5. The van der Waals surface area contributed by atoms with Crippen molar-refractivity contribution in [2.24, 2.45) is 0 Å². The largest absolute Gasteiger partial charge is 0.465 e. The molecular weight excluding hydrogens is 277 g/mol. The van der Waals surface area contributed by atoms with E-state index >= 15 is 0 Å². The summed E-state index contributed by atoms with van der Waals surface area (Å²) in [5.41, 5.74) is 0.270. The van der Waals surface area contributed by atoms with E-state index < -0.39 is 19.9 Å². The fourth-order valence-electron chi connectivity index (χ4n) is 1.05. The number of pyridine rings is 1. The van der Waals surface area contributed by atoms with Crippen molar-refractivity contribution in [3.8, 4) is 0 Å². The molecule has 0 atom stereocenters. The molecule has 1 rings (SSSR count). The number of hydrogen-bond acceptors (Lipinski definition) is 5. The molecule has 8 heteroatoms. The normalized spacial score (nSPS) is 11.2. The van der Waals surface area contributed by atoms with Gasteiger partial charge in [0.2, 0.25) is 0 Å². The van der Waals surface area contributed by atoms with Crippen molar-refractivity contribution in [3.63, 3.8) is 0 Å². The van der Waals surface area contributed by atoms with Crippen LogP contribution in [0.25, 0.3) is 0 Å². The molecule has 0 aromatic carbocycles. The van der Waals surface area contributed by atoms with Gasteiger partial charge in [0.1, 0.15) is 10.0 Å². The van der Waals surface area contributed by atoms with Gasteiger partial charge in [0.05, 0.1) is 18.4 Å². The Hall–Kier alpha value is -0.850. The molecule has 0 spiro atoms. The molecule has 0 fully saturated rings. The van der Waals surface area contributed by atoms with E-state index in [-0.39, 0.29) is 16.4 Å². The number of nitrogens with zero attached hydrogens (tertiary/aromatic N) is 1. The van der Waals surface area contributed by atoms with Crippen LogP contribution in [0.5, 0.6) is 0 Å². The van der Waals surface area contributed by atoms with Crippen molar-refractivity contribution in [1.82, 2.24) is 4.98 Å². The van der Waals surface area contributed by atoms with Crippen LogP contribution in [0.4, 0.5) is 0 Å². The third-order valence-corrected chi connectivity index (χ3v) is 3.54. The summed E-state index contributed by atoms with van der Waals surface area (Å²) in [5.74, 6) is -0.705. The molecule has 88 valence electrons. The van der Waals surface area contributed by atoms with E-state index in [0.717, 1.165) is 6.07 Å². The van der Waals surface area contributed by atoms with Crippen molar-refractivity contribution in [2.75, 3.05) is 7.11 Å². The quantitative estimate of drug-likeness (QED) is 0.470.